The predicted molar refractivity (Wildman–Crippen MR) is 59.7 cm³/mol. The molecule has 1 aliphatic rings. The van der Waals surface area contributed by atoms with Crippen molar-refractivity contribution in [2.45, 2.75) is 25.3 Å². The fourth-order valence-corrected chi connectivity index (χ4v) is 1.73. The lowest BCUT2D eigenvalue weighted by Crippen LogP contribution is -2.26. The Kier molecular flexibility index (Phi) is 1.80. The molecule has 1 aliphatic carbocycles. The number of nitrogen functional groups attached to an aromatic ring is 1. The Bertz CT molecular complexity index is 488. The van der Waals surface area contributed by atoms with Crippen LogP contribution in [0, 0.1) is 0 Å². The van der Waals surface area contributed by atoms with Crippen molar-refractivity contribution in [2.75, 3.05) is 11.1 Å². The first-order valence-corrected chi connectivity index (χ1v) is 5.24. The number of fused-ring (bicyclic) bond motifs is 1. The summed E-state index contributed by atoms with van der Waals surface area (Å²) in [7, 11) is 0. The predicted octanol–water partition coefficient (Wildman–Crippen LogP) is 2.37. The normalized spacial score (nSPS) is 16.5. The number of nitrogens with two attached hydrogens (primary N) is 1. The lowest BCUT2D eigenvalue weighted by molar-refractivity contribution is 0.432. The highest BCUT2D eigenvalue weighted by atomic mass is 16.4. The SMILES string of the molecule is Nc1ccc2nc(NC3CCC3)oc2c1. The summed E-state index contributed by atoms with van der Waals surface area (Å²) in [4.78, 5) is 4.34. The molecule has 4 nitrogen and oxygen atoms in total. The Morgan fingerprint density at radius 1 is 1.40 bits per heavy atom. The second kappa shape index (κ2) is 3.15. The molecule has 0 atom stereocenters. The molecule has 1 aromatic heterocycles. The van der Waals surface area contributed by atoms with E-state index in [2.05, 4.69) is 10.3 Å². The second-order valence-electron chi connectivity index (χ2n) is 4.02. The average Bonchev–Trinajstić information content (AvgIpc) is 2.53. The van der Waals surface area contributed by atoms with Crippen molar-refractivity contribution in [3.8, 4) is 0 Å². The van der Waals surface area contributed by atoms with Gasteiger partial charge in [-0.15, -0.1) is 0 Å². The monoisotopic (exact) mass is 203 g/mol. The summed E-state index contributed by atoms with van der Waals surface area (Å²) in [6.07, 6.45) is 3.71. The highest BCUT2D eigenvalue weighted by molar-refractivity contribution is 5.78. The van der Waals surface area contributed by atoms with Gasteiger partial charge in [-0.2, -0.15) is 4.98 Å². The first-order chi connectivity index (χ1) is 7.31. The second-order valence-corrected chi connectivity index (χ2v) is 4.02. The van der Waals surface area contributed by atoms with Gasteiger partial charge in [0, 0.05) is 17.8 Å². The van der Waals surface area contributed by atoms with E-state index < -0.39 is 0 Å². The highest BCUT2D eigenvalue weighted by Gasteiger charge is 2.19. The highest BCUT2D eigenvalue weighted by Crippen LogP contribution is 2.26. The number of nitrogens with zero attached hydrogens (tertiary/aromatic N) is 1. The first kappa shape index (κ1) is 8.59. The van der Waals surface area contributed by atoms with E-state index in [1.54, 1.807) is 6.07 Å². The molecule has 0 aliphatic heterocycles. The summed E-state index contributed by atoms with van der Waals surface area (Å²) in [6, 6.07) is 6.66. The van der Waals surface area contributed by atoms with Crippen LogP contribution >= 0.6 is 0 Å². The minimum Gasteiger partial charge on any atom is -0.423 e. The molecule has 1 heterocycles. The molecule has 78 valence electrons. The Hall–Kier alpha value is -1.71. The van der Waals surface area contributed by atoms with Crippen LogP contribution in [0.25, 0.3) is 11.1 Å². The fraction of sp³-hybridized carbons (Fsp3) is 0.364. The van der Waals surface area contributed by atoms with Gasteiger partial charge in [-0.25, -0.2) is 0 Å². The van der Waals surface area contributed by atoms with Crippen LogP contribution < -0.4 is 11.1 Å². The van der Waals surface area contributed by atoms with Crippen molar-refractivity contribution in [3.63, 3.8) is 0 Å². The molecular weight excluding hydrogens is 190 g/mol. The van der Waals surface area contributed by atoms with Crippen LogP contribution in [0.1, 0.15) is 19.3 Å². The van der Waals surface area contributed by atoms with Crippen LogP contribution in [0.4, 0.5) is 11.7 Å². The number of nitrogens with one attached hydrogen (secondary N) is 1. The quantitative estimate of drug-likeness (QED) is 0.735. The zero-order valence-electron chi connectivity index (χ0n) is 8.36. The van der Waals surface area contributed by atoms with E-state index in [4.69, 9.17) is 10.2 Å². The van der Waals surface area contributed by atoms with E-state index in [1.807, 2.05) is 12.1 Å². The molecule has 2 aromatic rings. The van der Waals surface area contributed by atoms with E-state index in [1.165, 1.54) is 19.3 Å². The van der Waals surface area contributed by atoms with Crippen LogP contribution in [-0.4, -0.2) is 11.0 Å². The minimum absolute atomic E-state index is 0.537. The maximum atomic E-state index is 5.66. The van der Waals surface area contributed by atoms with E-state index in [0.29, 0.717) is 17.7 Å². The summed E-state index contributed by atoms with van der Waals surface area (Å²) in [5.41, 5.74) is 7.97. The largest absolute Gasteiger partial charge is 0.423 e. The topological polar surface area (TPSA) is 64.1 Å². The van der Waals surface area contributed by atoms with Crippen molar-refractivity contribution in [1.82, 2.24) is 4.98 Å². The molecule has 0 saturated heterocycles. The van der Waals surface area contributed by atoms with Gasteiger partial charge in [-0.3, -0.25) is 0 Å². The molecule has 15 heavy (non-hydrogen) atoms. The van der Waals surface area contributed by atoms with Gasteiger partial charge in [0.05, 0.1) is 0 Å². The Morgan fingerprint density at radius 3 is 3.00 bits per heavy atom. The molecule has 0 spiro atoms. The number of rotatable bonds is 2. The van der Waals surface area contributed by atoms with Gasteiger partial charge < -0.3 is 15.5 Å². The smallest absolute Gasteiger partial charge is 0.295 e. The van der Waals surface area contributed by atoms with Crippen molar-refractivity contribution in [3.05, 3.63) is 18.2 Å². The van der Waals surface area contributed by atoms with Crippen molar-refractivity contribution >= 4 is 22.8 Å². The molecule has 4 heteroatoms. The third kappa shape index (κ3) is 1.52. The molecule has 1 aromatic carbocycles. The molecule has 3 rings (SSSR count). The molecule has 0 amide bonds. The standard InChI is InChI=1S/C11H13N3O/c12-7-4-5-9-10(6-7)15-11(14-9)13-8-2-1-3-8/h4-6,8H,1-3,12H2,(H,13,14). The Morgan fingerprint density at radius 2 is 2.27 bits per heavy atom. The van der Waals surface area contributed by atoms with E-state index in [0.717, 1.165) is 11.1 Å². The van der Waals surface area contributed by atoms with Crippen LogP contribution in [-0.2, 0) is 0 Å². The lowest BCUT2D eigenvalue weighted by atomic mass is 9.93. The van der Waals surface area contributed by atoms with Crippen LogP contribution in [0.3, 0.4) is 0 Å². The lowest BCUT2D eigenvalue weighted by Gasteiger charge is -2.25. The number of hydrogen-bond donors (Lipinski definition) is 2. The maximum Gasteiger partial charge on any atom is 0.295 e. The number of anilines is 2. The molecule has 0 unspecified atom stereocenters. The summed E-state index contributed by atoms with van der Waals surface area (Å²) in [5, 5.41) is 3.27. The van der Waals surface area contributed by atoms with Gasteiger partial charge in [-0.05, 0) is 31.4 Å². The molecule has 0 bridgehead atoms. The molecular formula is C11H13N3O. The zero-order valence-corrected chi connectivity index (χ0v) is 8.36. The number of oxazole rings is 1. The number of hydrogen-bond acceptors (Lipinski definition) is 4. The summed E-state index contributed by atoms with van der Waals surface area (Å²) < 4.78 is 5.55. The molecule has 1 saturated carbocycles. The minimum atomic E-state index is 0.537. The Labute approximate surface area is 87.5 Å². The zero-order chi connectivity index (χ0) is 10.3. The first-order valence-electron chi connectivity index (χ1n) is 5.24. The maximum absolute atomic E-state index is 5.66. The average molecular weight is 203 g/mol. The van der Waals surface area contributed by atoms with Gasteiger partial charge in [-0.1, -0.05) is 0 Å². The van der Waals surface area contributed by atoms with Gasteiger partial charge in [0.1, 0.15) is 5.52 Å². The van der Waals surface area contributed by atoms with Gasteiger partial charge in [0.25, 0.3) is 6.01 Å². The number of benzene rings is 1. The van der Waals surface area contributed by atoms with Crippen LogP contribution in [0.2, 0.25) is 0 Å². The third-order valence-electron chi connectivity index (χ3n) is 2.85. The molecule has 0 radical (unpaired) electrons. The van der Waals surface area contributed by atoms with Crippen LogP contribution in [0.15, 0.2) is 22.6 Å². The fourth-order valence-electron chi connectivity index (χ4n) is 1.73. The van der Waals surface area contributed by atoms with Gasteiger partial charge in [0.2, 0.25) is 0 Å². The van der Waals surface area contributed by atoms with Gasteiger partial charge >= 0.3 is 0 Å². The summed E-state index contributed by atoms with van der Waals surface area (Å²) >= 11 is 0. The summed E-state index contributed by atoms with van der Waals surface area (Å²) in [6.45, 7) is 0. The Balaban J connectivity index is 1.91. The third-order valence-corrected chi connectivity index (χ3v) is 2.85. The van der Waals surface area contributed by atoms with E-state index >= 15 is 0 Å². The van der Waals surface area contributed by atoms with Crippen molar-refractivity contribution in [1.29, 1.82) is 0 Å². The van der Waals surface area contributed by atoms with Crippen LogP contribution in [0.5, 0.6) is 0 Å². The van der Waals surface area contributed by atoms with E-state index in [-0.39, 0.29) is 0 Å². The van der Waals surface area contributed by atoms with E-state index in [9.17, 15) is 0 Å². The number of aromatic nitrogens is 1. The molecule has 3 N–H and O–H groups in total. The molecule has 1 fully saturated rings. The summed E-state index contributed by atoms with van der Waals surface area (Å²) in [5.74, 6) is 0. The van der Waals surface area contributed by atoms with Gasteiger partial charge in [0.15, 0.2) is 5.58 Å². The van der Waals surface area contributed by atoms with Crippen molar-refractivity contribution in [2.24, 2.45) is 0 Å². The van der Waals surface area contributed by atoms with Crippen molar-refractivity contribution < 1.29 is 4.42 Å².